The molecule has 2 saturated heterocycles. The fourth-order valence-corrected chi connectivity index (χ4v) is 3.43. The number of amides is 1. The number of carbonyl (C=O) groups is 1. The number of nitrogens with one attached hydrogen (secondary N) is 2. The first-order valence-corrected chi connectivity index (χ1v) is 8.64. The van der Waals surface area contributed by atoms with Crippen LogP contribution in [0.3, 0.4) is 0 Å². The lowest BCUT2D eigenvalue weighted by Gasteiger charge is -2.22. The van der Waals surface area contributed by atoms with E-state index >= 15 is 0 Å². The fourth-order valence-electron chi connectivity index (χ4n) is 3.43. The monoisotopic (exact) mass is 295 g/mol. The minimum Gasteiger partial charge on any atom is -0.378 e. The molecule has 3 fully saturated rings. The van der Waals surface area contributed by atoms with Crippen LogP contribution in [-0.4, -0.2) is 62.3 Å². The molecule has 0 radical (unpaired) electrons. The standard InChI is InChI=1S/C16H29N3O2/c20-16(6-10-21-15-3-7-17-8-4-15)18-11-13-5-9-19(12-13)14-1-2-14/h13-15,17H,1-12H2,(H,18,20). The van der Waals surface area contributed by atoms with E-state index in [4.69, 9.17) is 4.74 Å². The second-order valence-corrected chi connectivity index (χ2v) is 6.76. The molecule has 0 spiro atoms. The van der Waals surface area contributed by atoms with Gasteiger partial charge < -0.3 is 20.3 Å². The van der Waals surface area contributed by atoms with Crippen LogP contribution in [0.25, 0.3) is 0 Å². The van der Waals surface area contributed by atoms with Crippen LogP contribution in [0.1, 0.15) is 38.5 Å². The molecule has 120 valence electrons. The predicted octanol–water partition coefficient (Wildman–Crippen LogP) is 0.746. The Kier molecular flexibility index (Phi) is 5.49. The summed E-state index contributed by atoms with van der Waals surface area (Å²) in [6, 6.07) is 0.865. The van der Waals surface area contributed by atoms with Gasteiger partial charge in [0.2, 0.25) is 5.91 Å². The Morgan fingerprint density at radius 3 is 2.76 bits per heavy atom. The van der Waals surface area contributed by atoms with E-state index in [2.05, 4.69) is 15.5 Å². The molecule has 1 saturated carbocycles. The summed E-state index contributed by atoms with van der Waals surface area (Å²) in [7, 11) is 0. The smallest absolute Gasteiger partial charge is 0.222 e. The van der Waals surface area contributed by atoms with Crippen molar-refractivity contribution in [2.75, 3.05) is 39.3 Å². The second-order valence-electron chi connectivity index (χ2n) is 6.76. The Hall–Kier alpha value is -0.650. The summed E-state index contributed by atoms with van der Waals surface area (Å²) in [6.07, 6.45) is 6.99. The molecule has 1 atom stereocenters. The third-order valence-electron chi connectivity index (χ3n) is 4.94. The van der Waals surface area contributed by atoms with Crippen molar-refractivity contribution in [3.05, 3.63) is 0 Å². The van der Waals surface area contributed by atoms with Gasteiger partial charge in [0.05, 0.1) is 12.7 Å². The molecule has 0 bridgehead atoms. The zero-order chi connectivity index (χ0) is 14.5. The molecule has 3 aliphatic rings. The molecule has 0 aromatic rings. The van der Waals surface area contributed by atoms with Gasteiger partial charge in [0.25, 0.3) is 0 Å². The van der Waals surface area contributed by atoms with Gasteiger partial charge in [-0.15, -0.1) is 0 Å². The molecule has 2 aliphatic heterocycles. The van der Waals surface area contributed by atoms with Crippen LogP contribution in [0.2, 0.25) is 0 Å². The van der Waals surface area contributed by atoms with Gasteiger partial charge in [0.1, 0.15) is 0 Å². The maximum atomic E-state index is 11.9. The molecule has 0 aromatic carbocycles. The highest BCUT2D eigenvalue weighted by Crippen LogP contribution is 2.31. The second kappa shape index (κ2) is 7.56. The van der Waals surface area contributed by atoms with Crippen LogP contribution < -0.4 is 10.6 Å². The van der Waals surface area contributed by atoms with Gasteiger partial charge in [-0.25, -0.2) is 0 Å². The molecule has 0 aromatic heterocycles. The largest absolute Gasteiger partial charge is 0.378 e. The maximum Gasteiger partial charge on any atom is 0.222 e. The van der Waals surface area contributed by atoms with E-state index in [0.717, 1.165) is 38.5 Å². The van der Waals surface area contributed by atoms with E-state index in [0.29, 0.717) is 25.0 Å². The lowest BCUT2D eigenvalue weighted by Crippen LogP contribution is -2.34. The Bertz CT molecular complexity index is 340. The van der Waals surface area contributed by atoms with Crippen molar-refractivity contribution in [1.82, 2.24) is 15.5 Å². The van der Waals surface area contributed by atoms with Crippen molar-refractivity contribution in [3.8, 4) is 0 Å². The van der Waals surface area contributed by atoms with E-state index < -0.39 is 0 Å². The number of likely N-dealkylation sites (tertiary alicyclic amines) is 1. The van der Waals surface area contributed by atoms with Crippen LogP contribution in [0.4, 0.5) is 0 Å². The molecule has 21 heavy (non-hydrogen) atoms. The first kappa shape index (κ1) is 15.3. The summed E-state index contributed by atoms with van der Waals surface area (Å²) < 4.78 is 5.77. The highest BCUT2D eigenvalue weighted by Gasteiger charge is 2.34. The number of carbonyl (C=O) groups excluding carboxylic acids is 1. The van der Waals surface area contributed by atoms with Crippen molar-refractivity contribution >= 4 is 5.91 Å². The van der Waals surface area contributed by atoms with Crippen molar-refractivity contribution in [3.63, 3.8) is 0 Å². The zero-order valence-electron chi connectivity index (χ0n) is 13.0. The average Bonchev–Trinajstić information content (AvgIpc) is 3.25. The summed E-state index contributed by atoms with van der Waals surface area (Å²) in [6.45, 7) is 5.89. The number of piperidine rings is 1. The molecule has 3 rings (SSSR count). The zero-order valence-corrected chi connectivity index (χ0v) is 13.0. The minimum absolute atomic E-state index is 0.147. The Morgan fingerprint density at radius 2 is 2.00 bits per heavy atom. The molecule has 1 amide bonds. The lowest BCUT2D eigenvalue weighted by molar-refractivity contribution is -0.122. The van der Waals surface area contributed by atoms with Crippen molar-refractivity contribution in [1.29, 1.82) is 0 Å². The van der Waals surface area contributed by atoms with Crippen LogP contribution in [0.5, 0.6) is 0 Å². The van der Waals surface area contributed by atoms with Crippen LogP contribution in [-0.2, 0) is 9.53 Å². The number of hydrogen-bond acceptors (Lipinski definition) is 4. The van der Waals surface area contributed by atoms with E-state index in [-0.39, 0.29) is 5.91 Å². The third kappa shape index (κ3) is 4.94. The maximum absolute atomic E-state index is 11.9. The highest BCUT2D eigenvalue weighted by atomic mass is 16.5. The summed E-state index contributed by atoms with van der Waals surface area (Å²) in [5.41, 5.74) is 0. The quantitative estimate of drug-likeness (QED) is 0.728. The van der Waals surface area contributed by atoms with Gasteiger partial charge >= 0.3 is 0 Å². The van der Waals surface area contributed by atoms with Gasteiger partial charge in [-0.3, -0.25) is 4.79 Å². The fraction of sp³-hybridized carbons (Fsp3) is 0.938. The molecule has 2 heterocycles. The summed E-state index contributed by atoms with van der Waals surface area (Å²) in [5, 5.41) is 6.40. The number of nitrogens with zero attached hydrogens (tertiary/aromatic N) is 1. The lowest BCUT2D eigenvalue weighted by atomic mass is 10.1. The molecule has 5 nitrogen and oxygen atoms in total. The topological polar surface area (TPSA) is 53.6 Å². The van der Waals surface area contributed by atoms with E-state index in [1.54, 1.807) is 0 Å². The van der Waals surface area contributed by atoms with Crippen LogP contribution >= 0.6 is 0 Å². The molecular formula is C16H29N3O2. The van der Waals surface area contributed by atoms with Crippen LogP contribution in [0.15, 0.2) is 0 Å². The molecule has 2 N–H and O–H groups in total. The van der Waals surface area contributed by atoms with Gasteiger partial charge in [0, 0.05) is 25.6 Å². The number of ether oxygens (including phenoxy) is 1. The van der Waals surface area contributed by atoms with Gasteiger partial charge in [0.15, 0.2) is 0 Å². The Morgan fingerprint density at radius 1 is 1.19 bits per heavy atom. The first-order valence-electron chi connectivity index (χ1n) is 8.64. The van der Waals surface area contributed by atoms with E-state index in [1.165, 1.54) is 32.4 Å². The highest BCUT2D eigenvalue weighted by molar-refractivity contribution is 5.75. The SMILES string of the molecule is O=C(CCOC1CCNCC1)NCC1CCN(C2CC2)C1. The van der Waals surface area contributed by atoms with Crippen molar-refractivity contribution < 1.29 is 9.53 Å². The van der Waals surface area contributed by atoms with Gasteiger partial charge in [-0.1, -0.05) is 0 Å². The Labute approximate surface area is 127 Å². The minimum atomic E-state index is 0.147. The number of rotatable bonds is 7. The summed E-state index contributed by atoms with van der Waals surface area (Å²) in [5.74, 6) is 0.800. The molecule has 1 aliphatic carbocycles. The van der Waals surface area contributed by atoms with Crippen LogP contribution in [0, 0.1) is 5.92 Å². The first-order chi connectivity index (χ1) is 10.3. The van der Waals surface area contributed by atoms with Crippen molar-refractivity contribution in [2.24, 2.45) is 5.92 Å². The summed E-state index contributed by atoms with van der Waals surface area (Å²) >= 11 is 0. The average molecular weight is 295 g/mol. The van der Waals surface area contributed by atoms with Gasteiger partial charge in [-0.2, -0.15) is 0 Å². The Balaban J connectivity index is 1.23. The van der Waals surface area contributed by atoms with Gasteiger partial charge in [-0.05, 0) is 57.7 Å². The summed E-state index contributed by atoms with van der Waals surface area (Å²) in [4.78, 5) is 14.4. The normalized spacial score (nSPS) is 27.9. The molecular weight excluding hydrogens is 266 g/mol. The molecule has 1 unspecified atom stereocenters. The third-order valence-corrected chi connectivity index (χ3v) is 4.94. The number of hydrogen-bond donors (Lipinski definition) is 2. The van der Waals surface area contributed by atoms with E-state index in [1.807, 2.05) is 0 Å². The van der Waals surface area contributed by atoms with E-state index in [9.17, 15) is 4.79 Å². The molecule has 5 heteroatoms. The predicted molar refractivity (Wildman–Crippen MR) is 82.2 cm³/mol. The van der Waals surface area contributed by atoms with Crippen molar-refractivity contribution in [2.45, 2.75) is 50.7 Å².